The van der Waals surface area contributed by atoms with Gasteiger partial charge >= 0.3 is 0 Å². The van der Waals surface area contributed by atoms with Crippen LogP contribution >= 0.6 is 0 Å². The van der Waals surface area contributed by atoms with Crippen LogP contribution in [0.25, 0.3) is 0 Å². The van der Waals surface area contributed by atoms with Crippen molar-refractivity contribution in [3.8, 4) is 0 Å². The van der Waals surface area contributed by atoms with E-state index in [-0.39, 0.29) is 12.8 Å². The van der Waals surface area contributed by atoms with Crippen LogP contribution in [0.3, 0.4) is 0 Å². The molecule has 4 amide bonds. The molecule has 0 bridgehead atoms. The summed E-state index contributed by atoms with van der Waals surface area (Å²) >= 11 is 0. The molecule has 0 aliphatic carbocycles. The first-order chi connectivity index (χ1) is 14.8. The molecule has 2 aromatic carbocycles. The maximum absolute atomic E-state index is 13.4. The number of benzene rings is 2. The van der Waals surface area contributed by atoms with Gasteiger partial charge in [-0.25, -0.2) is 4.39 Å². The standard InChI is InChI=1S/C22H23FN4O4/c23-15-8-4-7-14(9-15)11-16(20(24)29)25-19(28)12-18-22(31)26-17(21(30)27-18)10-13-5-2-1-3-6-13/h1-9,16-18H,10-12H2,(H2,24,29)(H,25,28)(H,26,31)(H,27,30)/t16-,17-,18-/m0/s1. The highest BCUT2D eigenvalue weighted by molar-refractivity contribution is 5.99. The number of nitrogens with two attached hydrogens (primary N) is 1. The Balaban J connectivity index is 1.56. The number of hydrogen-bond donors (Lipinski definition) is 4. The first-order valence-electron chi connectivity index (χ1n) is 9.79. The van der Waals surface area contributed by atoms with Crippen LogP contribution < -0.4 is 21.7 Å². The van der Waals surface area contributed by atoms with Crippen LogP contribution in [0.5, 0.6) is 0 Å². The highest BCUT2D eigenvalue weighted by Crippen LogP contribution is 2.10. The zero-order valence-electron chi connectivity index (χ0n) is 16.6. The second kappa shape index (κ2) is 9.84. The van der Waals surface area contributed by atoms with Crippen molar-refractivity contribution in [2.45, 2.75) is 37.4 Å². The molecule has 5 N–H and O–H groups in total. The highest BCUT2D eigenvalue weighted by Gasteiger charge is 2.35. The maximum Gasteiger partial charge on any atom is 0.243 e. The summed E-state index contributed by atoms with van der Waals surface area (Å²) in [6.45, 7) is 0. The van der Waals surface area contributed by atoms with Crippen LogP contribution in [0, 0.1) is 5.82 Å². The molecule has 1 aliphatic rings. The summed E-state index contributed by atoms with van der Waals surface area (Å²) < 4.78 is 13.4. The van der Waals surface area contributed by atoms with Crippen LogP contribution in [0.2, 0.25) is 0 Å². The monoisotopic (exact) mass is 426 g/mol. The first kappa shape index (κ1) is 21.9. The first-order valence-corrected chi connectivity index (χ1v) is 9.79. The highest BCUT2D eigenvalue weighted by atomic mass is 19.1. The van der Waals surface area contributed by atoms with E-state index in [0.717, 1.165) is 5.56 Å². The lowest BCUT2D eigenvalue weighted by Crippen LogP contribution is -2.63. The molecular weight excluding hydrogens is 403 g/mol. The number of carbonyl (C=O) groups excluding carboxylic acids is 4. The zero-order valence-corrected chi connectivity index (χ0v) is 16.6. The quantitative estimate of drug-likeness (QED) is 0.472. The van der Waals surface area contributed by atoms with Crippen molar-refractivity contribution in [1.82, 2.24) is 16.0 Å². The normalized spacial score (nSPS) is 19.1. The lowest BCUT2D eigenvalue weighted by atomic mass is 10.0. The lowest BCUT2D eigenvalue weighted by molar-refractivity contribution is -0.138. The van der Waals surface area contributed by atoms with Gasteiger partial charge in [-0.3, -0.25) is 19.2 Å². The molecular formula is C22H23FN4O4. The molecule has 1 heterocycles. The third-order valence-corrected chi connectivity index (χ3v) is 4.95. The molecule has 9 heteroatoms. The van der Waals surface area contributed by atoms with Gasteiger partial charge in [-0.05, 0) is 23.3 Å². The van der Waals surface area contributed by atoms with Crippen molar-refractivity contribution in [3.63, 3.8) is 0 Å². The minimum Gasteiger partial charge on any atom is -0.368 e. The Bertz CT molecular complexity index is 982. The molecule has 2 aromatic rings. The average Bonchev–Trinajstić information content (AvgIpc) is 2.72. The summed E-state index contributed by atoms with van der Waals surface area (Å²) in [5.74, 6) is -2.79. The van der Waals surface area contributed by atoms with Gasteiger partial charge in [0.05, 0.1) is 6.42 Å². The Hall–Kier alpha value is -3.75. The van der Waals surface area contributed by atoms with Crippen molar-refractivity contribution in [1.29, 1.82) is 0 Å². The number of carbonyl (C=O) groups is 4. The van der Waals surface area contributed by atoms with E-state index >= 15 is 0 Å². The van der Waals surface area contributed by atoms with Crippen molar-refractivity contribution >= 4 is 23.6 Å². The molecule has 1 fully saturated rings. The van der Waals surface area contributed by atoms with Crippen molar-refractivity contribution < 1.29 is 23.6 Å². The summed E-state index contributed by atoms with van der Waals surface area (Å²) in [6.07, 6.45) is -0.0293. The fraction of sp³-hybridized carbons (Fsp3) is 0.273. The molecule has 3 atom stereocenters. The number of halogens is 1. The van der Waals surface area contributed by atoms with E-state index in [1.54, 1.807) is 6.07 Å². The molecule has 0 unspecified atom stereocenters. The van der Waals surface area contributed by atoms with Crippen LogP contribution in [-0.4, -0.2) is 41.8 Å². The van der Waals surface area contributed by atoms with E-state index in [1.807, 2.05) is 30.3 Å². The third-order valence-electron chi connectivity index (χ3n) is 4.95. The number of piperazine rings is 1. The van der Waals surface area contributed by atoms with Crippen LogP contribution in [0.1, 0.15) is 17.5 Å². The Morgan fingerprint density at radius 3 is 2.29 bits per heavy atom. The molecule has 0 saturated carbocycles. The van der Waals surface area contributed by atoms with E-state index < -0.39 is 47.6 Å². The van der Waals surface area contributed by atoms with Gasteiger partial charge in [-0.15, -0.1) is 0 Å². The van der Waals surface area contributed by atoms with Crippen molar-refractivity contribution in [2.24, 2.45) is 5.73 Å². The van der Waals surface area contributed by atoms with Gasteiger partial charge in [0, 0.05) is 12.8 Å². The summed E-state index contributed by atoms with van der Waals surface area (Å²) in [7, 11) is 0. The zero-order chi connectivity index (χ0) is 22.4. The third kappa shape index (κ3) is 6.11. The Morgan fingerprint density at radius 1 is 0.968 bits per heavy atom. The topological polar surface area (TPSA) is 130 Å². The molecule has 31 heavy (non-hydrogen) atoms. The second-order valence-corrected chi connectivity index (χ2v) is 7.37. The van der Waals surface area contributed by atoms with Crippen LogP contribution in [0.15, 0.2) is 54.6 Å². The number of rotatable bonds is 8. The molecule has 3 rings (SSSR count). The largest absolute Gasteiger partial charge is 0.368 e. The SMILES string of the molecule is NC(=O)[C@H](Cc1cccc(F)c1)NC(=O)C[C@@H]1NC(=O)[C@H](Cc2ccccc2)NC1=O. The summed E-state index contributed by atoms with van der Waals surface area (Å²) in [5.41, 5.74) is 6.72. The van der Waals surface area contributed by atoms with Gasteiger partial charge in [0.1, 0.15) is 23.9 Å². The summed E-state index contributed by atoms with van der Waals surface area (Å²) in [5, 5.41) is 7.63. The van der Waals surface area contributed by atoms with Crippen molar-refractivity contribution in [3.05, 3.63) is 71.5 Å². The van der Waals surface area contributed by atoms with E-state index in [1.165, 1.54) is 18.2 Å². The predicted octanol–water partition coefficient (Wildman–Crippen LogP) is -0.0457. The average molecular weight is 426 g/mol. The van der Waals surface area contributed by atoms with E-state index in [9.17, 15) is 23.6 Å². The van der Waals surface area contributed by atoms with Crippen LogP contribution in [-0.2, 0) is 32.0 Å². The van der Waals surface area contributed by atoms with E-state index in [0.29, 0.717) is 12.0 Å². The Kier molecular flexibility index (Phi) is 6.96. The molecule has 1 aliphatic heterocycles. The maximum atomic E-state index is 13.4. The predicted molar refractivity (Wildman–Crippen MR) is 110 cm³/mol. The minimum absolute atomic E-state index is 0.00120. The van der Waals surface area contributed by atoms with Gasteiger partial charge in [0.15, 0.2) is 0 Å². The lowest BCUT2D eigenvalue weighted by Gasteiger charge is -2.29. The van der Waals surface area contributed by atoms with Crippen LogP contribution in [0.4, 0.5) is 4.39 Å². The Morgan fingerprint density at radius 2 is 1.61 bits per heavy atom. The van der Waals surface area contributed by atoms with E-state index in [2.05, 4.69) is 16.0 Å². The fourth-order valence-electron chi connectivity index (χ4n) is 3.37. The number of amides is 4. The molecule has 8 nitrogen and oxygen atoms in total. The van der Waals surface area contributed by atoms with Gasteiger partial charge in [0.25, 0.3) is 0 Å². The van der Waals surface area contributed by atoms with Crippen molar-refractivity contribution in [2.75, 3.05) is 0 Å². The summed E-state index contributed by atoms with van der Waals surface area (Å²) in [4.78, 5) is 48.9. The van der Waals surface area contributed by atoms with Gasteiger partial charge in [-0.1, -0.05) is 42.5 Å². The molecule has 0 aromatic heterocycles. The smallest absolute Gasteiger partial charge is 0.243 e. The molecule has 162 valence electrons. The fourth-order valence-corrected chi connectivity index (χ4v) is 3.37. The number of primary amides is 1. The Labute approximate surface area is 178 Å². The van der Waals surface area contributed by atoms with Gasteiger partial charge in [-0.2, -0.15) is 0 Å². The number of nitrogens with one attached hydrogen (secondary N) is 3. The summed E-state index contributed by atoms with van der Waals surface area (Å²) in [6, 6.07) is 11.9. The minimum atomic E-state index is -1.08. The molecule has 0 radical (unpaired) electrons. The van der Waals surface area contributed by atoms with Gasteiger partial charge < -0.3 is 21.7 Å². The molecule has 1 saturated heterocycles. The second-order valence-electron chi connectivity index (χ2n) is 7.37. The molecule has 0 spiro atoms. The van der Waals surface area contributed by atoms with Gasteiger partial charge in [0.2, 0.25) is 23.6 Å². The number of hydrogen-bond acceptors (Lipinski definition) is 4. The van der Waals surface area contributed by atoms with E-state index in [4.69, 9.17) is 5.73 Å².